The Hall–Kier alpha value is -3.47. The molecule has 0 bridgehead atoms. The number of nitrogens with two attached hydrogens (primary N) is 1. The molecule has 0 amide bonds. The van der Waals surface area contributed by atoms with Crippen LogP contribution < -0.4 is 15.4 Å². The van der Waals surface area contributed by atoms with Crippen LogP contribution in [0.5, 0.6) is 11.5 Å². The van der Waals surface area contributed by atoms with Gasteiger partial charge in [0.15, 0.2) is 21.6 Å². The van der Waals surface area contributed by atoms with E-state index in [0.29, 0.717) is 45.6 Å². The fourth-order valence-corrected chi connectivity index (χ4v) is 5.53. The minimum absolute atomic E-state index is 0.0285. The van der Waals surface area contributed by atoms with Crippen LogP contribution in [0.3, 0.4) is 0 Å². The molecular formula is C22H19N5O3S2. The summed E-state index contributed by atoms with van der Waals surface area (Å²) < 4.78 is 5.92. The SMILES string of the molecule is C#CCSc1nnc(N2C(N)=C(C#N)C(c3ccc(O)c(OC)c3)C3=C2CCCC3=O)s1. The molecule has 1 aromatic heterocycles. The number of nitriles is 1. The molecule has 0 fully saturated rings. The number of anilines is 1. The van der Waals surface area contributed by atoms with Crippen LogP contribution in [-0.2, 0) is 4.79 Å². The minimum atomic E-state index is -0.656. The summed E-state index contributed by atoms with van der Waals surface area (Å²) >= 11 is 2.69. The maximum absolute atomic E-state index is 13.1. The summed E-state index contributed by atoms with van der Waals surface area (Å²) in [4.78, 5) is 14.8. The quantitative estimate of drug-likeness (QED) is 0.505. The number of hydrogen-bond acceptors (Lipinski definition) is 10. The second-order valence-electron chi connectivity index (χ2n) is 7.09. The van der Waals surface area contributed by atoms with Crippen LogP contribution in [0.2, 0.25) is 0 Å². The monoisotopic (exact) mass is 465 g/mol. The third-order valence-electron chi connectivity index (χ3n) is 5.32. The first-order valence-electron chi connectivity index (χ1n) is 9.72. The van der Waals surface area contributed by atoms with E-state index in [2.05, 4.69) is 22.2 Å². The predicted octanol–water partition coefficient (Wildman–Crippen LogP) is 3.28. The molecule has 1 atom stereocenters. The Balaban J connectivity index is 1.88. The summed E-state index contributed by atoms with van der Waals surface area (Å²) in [5.41, 5.74) is 8.63. The molecule has 1 aromatic carbocycles. The lowest BCUT2D eigenvalue weighted by atomic mass is 9.75. The molecule has 0 saturated heterocycles. The average Bonchev–Trinajstić information content (AvgIpc) is 3.26. The Morgan fingerprint density at radius 1 is 1.44 bits per heavy atom. The highest BCUT2D eigenvalue weighted by molar-refractivity contribution is 8.01. The molecule has 2 heterocycles. The molecule has 4 rings (SSSR count). The van der Waals surface area contributed by atoms with Gasteiger partial charge in [0.2, 0.25) is 5.13 Å². The molecule has 10 heteroatoms. The Kier molecular flexibility index (Phi) is 6.08. The van der Waals surface area contributed by atoms with Gasteiger partial charge in [0.05, 0.1) is 30.4 Å². The van der Waals surface area contributed by atoms with E-state index in [1.807, 2.05) is 0 Å². The van der Waals surface area contributed by atoms with Gasteiger partial charge in [0, 0.05) is 17.7 Å². The highest BCUT2D eigenvalue weighted by atomic mass is 32.2. The standard InChI is InChI=1S/C22H19N5O3S2/c1-3-9-31-22-26-25-21(32-22)27-14-5-4-6-16(29)19(14)18(13(11-23)20(27)24)12-7-8-15(28)17(10-12)30-2/h1,7-8,10,18,28H,4-6,9,24H2,2H3. The van der Waals surface area contributed by atoms with Crippen molar-refractivity contribution >= 4 is 34.0 Å². The van der Waals surface area contributed by atoms with Crippen molar-refractivity contribution in [2.75, 3.05) is 17.8 Å². The number of ketones is 1. The lowest BCUT2D eigenvalue weighted by Gasteiger charge is -2.38. The summed E-state index contributed by atoms with van der Waals surface area (Å²) in [5, 5.41) is 28.9. The van der Waals surface area contributed by atoms with E-state index >= 15 is 0 Å². The molecule has 2 aromatic rings. The summed E-state index contributed by atoms with van der Waals surface area (Å²) in [6, 6.07) is 6.99. The van der Waals surface area contributed by atoms with Gasteiger partial charge in [-0.1, -0.05) is 35.1 Å². The number of phenolic OH excluding ortho intramolecular Hbond substituents is 1. The largest absolute Gasteiger partial charge is 0.504 e. The van der Waals surface area contributed by atoms with Crippen molar-refractivity contribution in [1.82, 2.24) is 10.2 Å². The predicted molar refractivity (Wildman–Crippen MR) is 122 cm³/mol. The van der Waals surface area contributed by atoms with Gasteiger partial charge in [0.25, 0.3) is 0 Å². The molecule has 3 N–H and O–H groups in total. The van der Waals surface area contributed by atoms with Crippen molar-refractivity contribution < 1.29 is 14.6 Å². The second kappa shape index (κ2) is 8.95. The van der Waals surface area contributed by atoms with Gasteiger partial charge in [-0.05, 0) is 30.5 Å². The number of aromatic hydroxyl groups is 1. The number of methoxy groups -OCH3 is 1. The van der Waals surface area contributed by atoms with Gasteiger partial charge >= 0.3 is 0 Å². The van der Waals surface area contributed by atoms with Crippen LogP contribution in [0.25, 0.3) is 0 Å². The molecular weight excluding hydrogens is 446 g/mol. The van der Waals surface area contributed by atoms with E-state index in [9.17, 15) is 15.2 Å². The fourth-order valence-electron chi connectivity index (χ4n) is 3.97. The lowest BCUT2D eigenvalue weighted by molar-refractivity contribution is -0.116. The number of benzene rings is 1. The van der Waals surface area contributed by atoms with E-state index in [0.717, 1.165) is 5.70 Å². The summed E-state index contributed by atoms with van der Waals surface area (Å²) in [6.07, 6.45) is 7.00. The van der Waals surface area contributed by atoms with E-state index in [1.165, 1.54) is 36.3 Å². The van der Waals surface area contributed by atoms with Crippen LogP contribution in [-0.4, -0.2) is 33.9 Å². The number of Topliss-reactive ketones (excluding diaryl/α,β-unsaturated/α-hetero) is 1. The number of carbonyl (C=O) groups excluding carboxylic acids is 1. The average molecular weight is 466 g/mol. The van der Waals surface area contributed by atoms with Crippen molar-refractivity contribution in [3.63, 3.8) is 0 Å². The highest BCUT2D eigenvalue weighted by Crippen LogP contribution is 2.48. The highest BCUT2D eigenvalue weighted by Gasteiger charge is 2.41. The maximum Gasteiger partial charge on any atom is 0.219 e. The van der Waals surface area contributed by atoms with Crippen molar-refractivity contribution in [3.8, 4) is 29.9 Å². The number of aromatic nitrogens is 2. The van der Waals surface area contributed by atoms with E-state index in [1.54, 1.807) is 17.0 Å². The van der Waals surface area contributed by atoms with E-state index in [4.69, 9.17) is 16.9 Å². The first kappa shape index (κ1) is 21.8. The number of allylic oxidation sites excluding steroid dienone is 3. The van der Waals surface area contributed by atoms with Gasteiger partial charge in [-0.3, -0.25) is 9.69 Å². The third kappa shape index (κ3) is 3.68. The molecule has 8 nitrogen and oxygen atoms in total. The molecule has 0 saturated carbocycles. The number of thioether (sulfide) groups is 1. The molecule has 162 valence electrons. The van der Waals surface area contributed by atoms with Crippen LogP contribution in [0.4, 0.5) is 5.13 Å². The van der Waals surface area contributed by atoms with Crippen LogP contribution in [0.15, 0.2) is 45.2 Å². The van der Waals surface area contributed by atoms with E-state index in [-0.39, 0.29) is 28.7 Å². The summed E-state index contributed by atoms with van der Waals surface area (Å²) in [5.74, 6) is 2.75. The molecule has 2 aliphatic rings. The third-order valence-corrected chi connectivity index (χ3v) is 7.26. The van der Waals surface area contributed by atoms with E-state index < -0.39 is 5.92 Å². The maximum atomic E-state index is 13.1. The van der Waals surface area contributed by atoms with Gasteiger partial charge in [-0.15, -0.1) is 16.6 Å². The number of hydrogen-bond donors (Lipinski definition) is 2. The number of terminal acetylenes is 1. The van der Waals surface area contributed by atoms with Crippen LogP contribution >= 0.6 is 23.1 Å². The van der Waals surface area contributed by atoms with Crippen molar-refractivity contribution in [1.29, 1.82) is 5.26 Å². The van der Waals surface area contributed by atoms with Gasteiger partial charge < -0.3 is 15.6 Å². The number of nitrogens with zero attached hydrogens (tertiary/aromatic N) is 4. The normalized spacial score (nSPS) is 18.3. The Morgan fingerprint density at radius 3 is 2.97 bits per heavy atom. The first-order valence-corrected chi connectivity index (χ1v) is 11.5. The van der Waals surface area contributed by atoms with Crippen molar-refractivity contribution in [2.45, 2.75) is 29.5 Å². The molecule has 1 aliphatic carbocycles. The number of carbonyl (C=O) groups is 1. The molecule has 1 aliphatic heterocycles. The number of phenols is 1. The number of rotatable bonds is 5. The first-order chi connectivity index (χ1) is 15.5. The lowest BCUT2D eigenvalue weighted by Crippen LogP contribution is -2.38. The molecule has 1 unspecified atom stereocenters. The van der Waals surface area contributed by atoms with Crippen LogP contribution in [0.1, 0.15) is 30.7 Å². The topological polar surface area (TPSA) is 125 Å². The zero-order valence-corrected chi connectivity index (χ0v) is 18.8. The van der Waals surface area contributed by atoms with Gasteiger partial charge in [-0.2, -0.15) is 5.26 Å². The zero-order valence-electron chi connectivity index (χ0n) is 17.2. The fraction of sp³-hybridized carbons (Fsp3) is 0.273. The van der Waals surface area contributed by atoms with Gasteiger partial charge in [0.1, 0.15) is 5.82 Å². The summed E-state index contributed by atoms with van der Waals surface area (Å²) in [6.45, 7) is 0. The second-order valence-corrected chi connectivity index (χ2v) is 9.27. The van der Waals surface area contributed by atoms with Crippen LogP contribution in [0, 0.1) is 23.7 Å². The Labute approximate surface area is 193 Å². The summed E-state index contributed by atoms with van der Waals surface area (Å²) in [7, 11) is 1.44. The molecule has 0 spiro atoms. The Bertz CT molecular complexity index is 1230. The Morgan fingerprint density at radius 2 is 2.25 bits per heavy atom. The van der Waals surface area contributed by atoms with Gasteiger partial charge in [-0.25, -0.2) is 0 Å². The molecule has 0 radical (unpaired) electrons. The van der Waals surface area contributed by atoms with Crippen molar-refractivity contribution in [3.05, 3.63) is 46.4 Å². The van der Waals surface area contributed by atoms with Crippen molar-refractivity contribution in [2.24, 2.45) is 5.73 Å². The molecule has 32 heavy (non-hydrogen) atoms. The minimum Gasteiger partial charge on any atom is -0.504 e. The zero-order chi connectivity index (χ0) is 22.8. The number of ether oxygens (including phenoxy) is 1. The smallest absolute Gasteiger partial charge is 0.219 e.